The van der Waals surface area contributed by atoms with Crippen LogP contribution in [-0.4, -0.2) is 26.0 Å². The average molecular weight is 182 g/mol. The highest BCUT2D eigenvalue weighted by Gasteiger charge is 2.24. The van der Waals surface area contributed by atoms with Crippen LogP contribution < -0.4 is 0 Å². The van der Waals surface area contributed by atoms with Gasteiger partial charge >= 0.3 is 0 Å². The fraction of sp³-hybridized carbons (Fsp3) is 0.750. The minimum atomic E-state index is -0.382. The van der Waals surface area contributed by atoms with E-state index in [0.717, 1.165) is 0 Å². The largest absolute Gasteiger partial charge is 0.300 e. The minimum Gasteiger partial charge on any atom is -0.300 e. The van der Waals surface area contributed by atoms with Crippen molar-refractivity contribution in [3.63, 3.8) is 0 Å². The molecule has 5 nitrogen and oxygen atoms in total. The Morgan fingerprint density at radius 1 is 1.54 bits per heavy atom. The van der Waals surface area contributed by atoms with E-state index in [2.05, 4.69) is 15.4 Å². The van der Waals surface area contributed by atoms with E-state index in [-0.39, 0.29) is 11.3 Å². The van der Waals surface area contributed by atoms with Gasteiger partial charge in [0.05, 0.1) is 5.54 Å². The predicted molar refractivity (Wildman–Crippen MR) is 47.2 cm³/mol. The van der Waals surface area contributed by atoms with Crippen LogP contribution in [0, 0.1) is 6.92 Å². The lowest BCUT2D eigenvalue weighted by Gasteiger charge is -2.20. The summed E-state index contributed by atoms with van der Waals surface area (Å²) in [5.41, 5.74) is -0.382. The van der Waals surface area contributed by atoms with Crippen LogP contribution in [0.1, 0.15) is 33.0 Å². The highest BCUT2D eigenvalue weighted by atomic mass is 16.1. The first-order valence-corrected chi connectivity index (χ1v) is 4.18. The Morgan fingerprint density at radius 2 is 2.15 bits per heavy atom. The second-order valence-corrected chi connectivity index (χ2v) is 3.82. The van der Waals surface area contributed by atoms with E-state index >= 15 is 0 Å². The van der Waals surface area contributed by atoms with E-state index in [1.165, 1.54) is 4.80 Å². The van der Waals surface area contributed by atoms with Crippen LogP contribution in [0.15, 0.2) is 0 Å². The zero-order valence-electron chi connectivity index (χ0n) is 8.40. The number of nitrogens with zero attached hydrogens (tertiary/aromatic N) is 4. The lowest BCUT2D eigenvalue weighted by atomic mass is 9.99. The second-order valence-electron chi connectivity index (χ2n) is 3.82. The Morgan fingerprint density at radius 3 is 2.54 bits per heavy atom. The molecule has 72 valence electrons. The molecule has 1 aromatic heterocycles. The third-order valence-corrected chi connectivity index (χ3v) is 1.74. The topological polar surface area (TPSA) is 60.7 Å². The van der Waals surface area contributed by atoms with E-state index in [9.17, 15) is 4.79 Å². The standard InChI is InChI=1S/C8H14N4O/c1-6(13)5-8(3,4)12-10-7(2)9-11-12/h5H2,1-4H3. The van der Waals surface area contributed by atoms with Gasteiger partial charge in [-0.25, -0.2) is 0 Å². The van der Waals surface area contributed by atoms with Crippen LogP contribution in [-0.2, 0) is 10.3 Å². The van der Waals surface area contributed by atoms with Gasteiger partial charge in [-0.05, 0) is 32.9 Å². The van der Waals surface area contributed by atoms with Crippen molar-refractivity contribution >= 4 is 5.78 Å². The molecule has 0 bridgehead atoms. The number of hydrogen-bond donors (Lipinski definition) is 0. The summed E-state index contributed by atoms with van der Waals surface area (Å²) in [7, 11) is 0. The van der Waals surface area contributed by atoms with Gasteiger partial charge in [0.25, 0.3) is 0 Å². The lowest BCUT2D eigenvalue weighted by Crippen LogP contribution is -2.31. The Hall–Kier alpha value is -1.26. The van der Waals surface area contributed by atoms with Gasteiger partial charge in [-0.15, -0.1) is 10.2 Å². The second kappa shape index (κ2) is 3.24. The molecule has 0 aliphatic rings. The zero-order chi connectivity index (χ0) is 10.1. The summed E-state index contributed by atoms with van der Waals surface area (Å²) in [5.74, 6) is 0.747. The van der Waals surface area contributed by atoms with Crippen LogP contribution in [0.25, 0.3) is 0 Å². The smallest absolute Gasteiger partial charge is 0.171 e. The maximum atomic E-state index is 11.0. The van der Waals surface area contributed by atoms with Crippen molar-refractivity contribution < 1.29 is 4.79 Å². The Kier molecular flexibility index (Phi) is 2.45. The molecule has 1 heterocycles. The van der Waals surface area contributed by atoms with Crippen LogP contribution in [0.4, 0.5) is 0 Å². The molecular formula is C8H14N4O. The van der Waals surface area contributed by atoms with Crippen molar-refractivity contribution in [1.29, 1.82) is 0 Å². The highest BCUT2D eigenvalue weighted by Crippen LogP contribution is 2.16. The number of carbonyl (C=O) groups is 1. The van der Waals surface area contributed by atoms with Crippen molar-refractivity contribution in [2.45, 2.75) is 39.7 Å². The molecule has 1 rings (SSSR count). The van der Waals surface area contributed by atoms with E-state index < -0.39 is 0 Å². The molecule has 0 atom stereocenters. The minimum absolute atomic E-state index is 0.125. The molecule has 0 aliphatic heterocycles. The van der Waals surface area contributed by atoms with Crippen molar-refractivity contribution in [2.75, 3.05) is 0 Å². The average Bonchev–Trinajstić information content (AvgIpc) is 2.32. The summed E-state index contributed by atoms with van der Waals surface area (Å²) in [6.45, 7) is 7.16. The van der Waals surface area contributed by atoms with Crippen LogP contribution >= 0.6 is 0 Å². The maximum Gasteiger partial charge on any atom is 0.171 e. The molecule has 0 aliphatic carbocycles. The molecule has 0 saturated carbocycles. The molecule has 0 spiro atoms. The molecule has 1 aromatic rings. The number of hydrogen-bond acceptors (Lipinski definition) is 4. The summed E-state index contributed by atoms with van der Waals surface area (Å²) in [5, 5.41) is 11.7. The number of aryl methyl sites for hydroxylation is 1. The number of carbonyl (C=O) groups excluding carboxylic acids is 1. The zero-order valence-corrected chi connectivity index (χ0v) is 8.40. The monoisotopic (exact) mass is 182 g/mol. The fourth-order valence-corrected chi connectivity index (χ4v) is 1.22. The molecule has 0 unspecified atom stereocenters. The highest BCUT2D eigenvalue weighted by molar-refractivity contribution is 5.76. The molecule has 0 aromatic carbocycles. The lowest BCUT2D eigenvalue weighted by molar-refractivity contribution is -0.118. The number of ketones is 1. The summed E-state index contributed by atoms with van der Waals surface area (Å²) in [6.07, 6.45) is 0.419. The van der Waals surface area contributed by atoms with Crippen molar-refractivity contribution in [3.05, 3.63) is 5.82 Å². The van der Waals surface area contributed by atoms with Gasteiger partial charge in [-0.1, -0.05) is 0 Å². The Balaban J connectivity index is 2.86. The van der Waals surface area contributed by atoms with Crippen LogP contribution in [0.5, 0.6) is 0 Å². The van der Waals surface area contributed by atoms with Gasteiger partial charge in [-0.3, -0.25) is 4.79 Å². The van der Waals surface area contributed by atoms with E-state index in [1.807, 2.05) is 13.8 Å². The summed E-state index contributed by atoms with van der Waals surface area (Å²) < 4.78 is 0. The van der Waals surface area contributed by atoms with Gasteiger partial charge in [0.2, 0.25) is 0 Å². The van der Waals surface area contributed by atoms with Gasteiger partial charge in [0.1, 0.15) is 5.78 Å². The van der Waals surface area contributed by atoms with Crippen molar-refractivity contribution in [3.8, 4) is 0 Å². The molecule has 0 radical (unpaired) electrons. The first kappa shape index (κ1) is 9.83. The van der Waals surface area contributed by atoms with Crippen molar-refractivity contribution in [1.82, 2.24) is 20.2 Å². The summed E-state index contributed by atoms with van der Waals surface area (Å²) in [4.78, 5) is 12.4. The SMILES string of the molecule is CC(=O)CC(C)(C)n1nnc(C)n1. The normalized spacial score (nSPS) is 11.7. The summed E-state index contributed by atoms with van der Waals surface area (Å²) in [6, 6.07) is 0. The molecule has 5 heteroatoms. The van der Waals surface area contributed by atoms with E-state index in [4.69, 9.17) is 0 Å². The van der Waals surface area contributed by atoms with Gasteiger partial charge in [0, 0.05) is 6.42 Å². The molecule has 0 amide bonds. The number of tetrazole rings is 1. The number of aromatic nitrogens is 4. The Bertz CT molecular complexity index is 316. The quantitative estimate of drug-likeness (QED) is 0.690. The molecule has 0 N–H and O–H groups in total. The maximum absolute atomic E-state index is 11.0. The summed E-state index contributed by atoms with van der Waals surface area (Å²) >= 11 is 0. The van der Waals surface area contributed by atoms with E-state index in [1.54, 1.807) is 13.8 Å². The third-order valence-electron chi connectivity index (χ3n) is 1.74. The molecular weight excluding hydrogens is 168 g/mol. The Labute approximate surface area is 77.1 Å². The predicted octanol–water partition coefficient (Wildman–Crippen LogP) is 0.696. The van der Waals surface area contributed by atoms with Crippen LogP contribution in [0.2, 0.25) is 0 Å². The molecule has 13 heavy (non-hydrogen) atoms. The van der Waals surface area contributed by atoms with Crippen molar-refractivity contribution in [2.24, 2.45) is 0 Å². The van der Waals surface area contributed by atoms with Gasteiger partial charge in [0.15, 0.2) is 5.82 Å². The number of rotatable bonds is 3. The van der Waals surface area contributed by atoms with E-state index in [0.29, 0.717) is 12.2 Å². The third kappa shape index (κ3) is 2.34. The molecule has 0 saturated heterocycles. The fourth-order valence-electron chi connectivity index (χ4n) is 1.22. The van der Waals surface area contributed by atoms with Crippen LogP contribution in [0.3, 0.4) is 0 Å². The van der Waals surface area contributed by atoms with Gasteiger partial charge < -0.3 is 0 Å². The number of Topliss-reactive ketones (excluding diaryl/α,β-unsaturated/α-hetero) is 1. The first-order chi connectivity index (χ1) is 5.92. The first-order valence-electron chi connectivity index (χ1n) is 4.18. The molecule has 0 fully saturated rings. The van der Waals surface area contributed by atoms with Gasteiger partial charge in [-0.2, -0.15) is 4.80 Å².